The van der Waals surface area contributed by atoms with Gasteiger partial charge in [0.1, 0.15) is 5.82 Å². The molecule has 1 amide bonds. The van der Waals surface area contributed by atoms with Gasteiger partial charge in [0.05, 0.1) is 30.7 Å². The lowest BCUT2D eigenvalue weighted by Gasteiger charge is -2.36. The van der Waals surface area contributed by atoms with Gasteiger partial charge in [0.15, 0.2) is 0 Å². The first kappa shape index (κ1) is 15.5. The Morgan fingerprint density at radius 2 is 2.00 bits per heavy atom. The summed E-state index contributed by atoms with van der Waals surface area (Å²) >= 11 is 0. The number of hydrogen-bond acceptors (Lipinski definition) is 4. The van der Waals surface area contributed by atoms with Crippen LogP contribution in [-0.4, -0.2) is 51.8 Å². The second-order valence-corrected chi connectivity index (χ2v) is 5.61. The van der Waals surface area contributed by atoms with Crippen molar-refractivity contribution in [1.82, 2.24) is 19.7 Å². The molecule has 3 rings (SSSR count). The van der Waals surface area contributed by atoms with Crippen molar-refractivity contribution in [3.05, 3.63) is 42.2 Å². The zero-order valence-electron chi connectivity index (χ0n) is 13.2. The Kier molecular flexibility index (Phi) is 4.55. The Hall–Kier alpha value is -2.44. The first-order valence-electron chi connectivity index (χ1n) is 7.80. The van der Waals surface area contributed by atoms with Crippen LogP contribution in [0.5, 0.6) is 0 Å². The maximum Gasteiger partial charge on any atom is 0.227 e. The predicted molar refractivity (Wildman–Crippen MR) is 84.6 cm³/mol. The monoisotopic (exact) mass is 317 g/mol. The minimum absolute atomic E-state index is 0.109. The number of aromatic nitrogens is 3. The van der Waals surface area contributed by atoms with Crippen LogP contribution in [-0.2, 0) is 17.8 Å². The lowest BCUT2D eigenvalue weighted by atomic mass is 10.2. The molecule has 0 spiro atoms. The minimum atomic E-state index is -0.339. The summed E-state index contributed by atoms with van der Waals surface area (Å²) < 4.78 is 15.1. The van der Waals surface area contributed by atoms with Gasteiger partial charge in [0.25, 0.3) is 0 Å². The minimum Gasteiger partial charge on any atom is -0.367 e. The summed E-state index contributed by atoms with van der Waals surface area (Å²) in [7, 11) is 0. The predicted octanol–water partition coefficient (Wildman–Crippen LogP) is 1.33. The fraction of sp³-hybridized carbons (Fsp3) is 0.438. The maximum absolute atomic E-state index is 13.2. The zero-order chi connectivity index (χ0) is 16.2. The van der Waals surface area contributed by atoms with Crippen molar-refractivity contribution < 1.29 is 9.18 Å². The van der Waals surface area contributed by atoms with Gasteiger partial charge in [0.2, 0.25) is 5.91 Å². The lowest BCUT2D eigenvalue weighted by molar-refractivity contribution is -0.130. The second-order valence-electron chi connectivity index (χ2n) is 5.61. The highest BCUT2D eigenvalue weighted by atomic mass is 19.1. The first-order valence-corrected chi connectivity index (χ1v) is 7.80. The second kappa shape index (κ2) is 6.76. The summed E-state index contributed by atoms with van der Waals surface area (Å²) in [4.78, 5) is 20.1. The quantitative estimate of drug-likeness (QED) is 0.854. The van der Waals surface area contributed by atoms with Crippen LogP contribution in [0.2, 0.25) is 0 Å². The zero-order valence-corrected chi connectivity index (χ0v) is 13.2. The average molecular weight is 317 g/mol. The lowest BCUT2D eigenvalue weighted by Crippen LogP contribution is -2.49. The number of amides is 1. The van der Waals surface area contributed by atoms with E-state index < -0.39 is 0 Å². The highest BCUT2D eigenvalue weighted by Gasteiger charge is 2.22. The SMILES string of the molecule is CCn1cc(CC(=O)N2CCN(c3cncc(F)c3)CC2)cn1. The molecule has 1 saturated heterocycles. The Morgan fingerprint density at radius 3 is 2.65 bits per heavy atom. The van der Waals surface area contributed by atoms with Crippen molar-refractivity contribution in [1.29, 1.82) is 0 Å². The number of piperazine rings is 1. The fourth-order valence-corrected chi connectivity index (χ4v) is 2.74. The van der Waals surface area contributed by atoms with Crippen molar-refractivity contribution in [2.75, 3.05) is 31.1 Å². The van der Waals surface area contributed by atoms with Gasteiger partial charge in [-0.05, 0) is 12.5 Å². The molecule has 2 aromatic heterocycles. The van der Waals surface area contributed by atoms with E-state index in [2.05, 4.69) is 15.0 Å². The number of anilines is 1. The van der Waals surface area contributed by atoms with Crippen LogP contribution in [0.25, 0.3) is 0 Å². The molecule has 1 aliphatic heterocycles. The van der Waals surface area contributed by atoms with Crippen LogP contribution in [0.4, 0.5) is 10.1 Å². The van der Waals surface area contributed by atoms with Crippen molar-refractivity contribution in [2.24, 2.45) is 0 Å². The third kappa shape index (κ3) is 3.67. The van der Waals surface area contributed by atoms with Gasteiger partial charge in [-0.2, -0.15) is 5.10 Å². The van der Waals surface area contributed by atoms with Gasteiger partial charge in [-0.1, -0.05) is 0 Å². The molecule has 0 unspecified atom stereocenters. The molecule has 1 aliphatic rings. The molecule has 6 nitrogen and oxygen atoms in total. The molecule has 122 valence electrons. The Morgan fingerprint density at radius 1 is 1.22 bits per heavy atom. The first-order chi connectivity index (χ1) is 11.2. The number of rotatable bonds is 4. The molecule has 7 heteroatoms. The summed E-state index contributed by atoms with van der Waals surface area (Å²) in [5.74, 6) is -0.230. The molecule has 0 bridgehead atoms. The van der Waals surface area contributed by atoms with E-state index in [1.165, 1.54) is 12.3 Å². The van der Waals surface area contributed by atoms with Crippen molar-refractivity contribution in [3.8, 4) is 0 Å². The van der Waals surface area contributed by atoms with Crippen LogP contribution >= 0.6 is 0 Å². The van der Waals surface area contributed by atoms with Gasteiger partial charge in [-0.3, -0.25) is 14.5 Å². The number of hydrogen-bond donors (Lipinski definition) is 0. The summed E-state index contributed by atoms with van der Waals surface area (Å²) in [5.41, 5.74) is 1.70. The molecule has 0 aliphatic carbocycles. The standard InChI is InChI=1S/C16H20FN5O/c1-2-22-12-13(9-19-22)7-16(23)21-5-3-20(4-6-21)15-8-14(17)10-18-11-15/h8-12H,2-7H2,1H3. The highest BCUT2D eigenvalue weighted by Crippen LogP contribution is 2.16. The van der Waals surface area contributed by atoms with E-state index in [-0.39, 0.29) is 11.7 Å². The van der Waals surface area contributed by atoms with Gasteiger partial charge in [-0.25, -0.2) is 4.39 Å². The van der Waals surface area contributed by atoms with Crippen LogP contribution in [0, 0.1) is 5.82 Å². The van der Waals surface area contributed by atoms with Crippen LogP contribution in [0.3, 0.4) is 0 Å². The summed E-state index contributed by atoms with van der Waals surface area (Å²) in [6.07, 6.45) is 6.88. The molecule has 0 atom stereocenters. The molecule has 2 aromatic rings. The fourth-order valence-electron chi connectivity index (χ4n) is 2.74. The smallest absolute Gasteiger partial charge is 0.227 e. The molecular weight excluding hydrogens is 297 g/mol. The Labute approximate surface area is 134 Å². The number of carbonyl (C=O) groups is 1. The van der Waals surface area contributed by atoms with Crippen LogP contribution in [0.15, 0.2) is 30.9 Å². The third-order valence-electron chi connectivity index (χ3n) is 4.05. The van der Waals surface area contributed by atoms with Crippen LogP contribution in [0.1, 0.15) is 12.5 Å². The van der Waals surface area contributed by atoms with Crippen molar-refractivity contribution in [3.63, 3.8) is 0 Å². The third-order valence-corrected chi connectivity index (χ3v) is 4.05. The topological polar surface area (TPSA) is 54.3 Å². The number of pyridine rings is 1. The molecule has 3 heterocycles. The number of carbonyl (C=O) groups excluding carboxylic acids is 1. The van der Waals surface area contributed by atoms with Crippen molar-refractivity contribution >= 4 is 11.6 Å². The van der Waals surface area contributed by atoms with Gasteiger partial charge in [0, 0.05) is 45.0 Å². The molecule has 0 N–H and O–H groups in total. The molecule has 0 aromatic carbocycles. The molecule has 0 radical (unpaired) electrons. The van der Waals surface area contributed by atoms with E-state index in [9.17, 15) is 9.18 Å². The summed E-state index contributed by atoms with van der Waals surface area (Å²) in [6.45, 7) is 5.46. The molecule has 23 heavy (non-hydrogen) atoms. The Balaban J connectivity index is 1.55. The van der Waals surface area contributed by atoms with Crippen LogP contribution < -0.4 is 4.90 Å². The van der Waals surface area contributed by atoms with E-state index in [1.807, 2.05) is 22.7 Å². The molecule has 0 saturated carbocycles. The van der Waals surface area contributed by atoms with E-state index in [1.54, 1.807) is 12.4 Å². The molecular formula is C16H20FN5O. The number of nitrogens with zero attached hydrogens (tertiary/aromatic N) is 5. The molecule has 1 fully saturated rings. The van der Waals surface area contributed by atoms with Gasteiger partial charge in [-0.15, -0.1) is 0 Å². The van der Waals surface area contributed by atoms with E-state index in [4.69, 9.17) is 0 Å². The van der Waals surface area contributed by atoms with E-state index >= 15 is 0 Å². The Bertz CT molecular complexity index is 679. The van der Waals surface area contributed by atoms with Gasteiger partial charge >= 0.3 is 0 Å². The highest BCUT2D eigenvalue weighted by molar-refractivity contribution is 5.79. The summed E-state index contributed by atoms with van der Waals surface area (Å²) in [6, 6.07) is 1.48. The largest absolute Gasteiger partial charge is 0.367 e. The van der Waals surface area contributed by atoms with Crippen molar-refractivity contribution in [2.45, 2.75) is 19.9 Å². The number of aryl methyl sites for hydroxylation is 1. The summed E-state index contributed by atoms with van der Waals surface area (Å²) in [5, 5.41) is 4.19. The normalized spacial score (nSPS) is 15.0. The average Bonchev–Trinajstić information content (AvgIpc) is 3.02. The van der Waals surface area contributed by atoms with Gasteiger partial charge < -0.3 is 9.80 Å². The van der Waals surface area contributed by atoms with E-state index in [0.29, 0.717) is 32.6 Å². The number of halogens is 1. The van der Waals surface area contributed by atoms with E-state index in [0.717, 1.165) is 17.8 Å². The maximum atomic E-state index is 13.2.